The van der Waals surface area contributed by atoms with E-state index in [4.69, 9.17) is 0 Å². The maximum atomic E-state index is 11.8. The lowest BCUT2D eigenvalue weighted by Crippen LogP contribution is -2.38. The van der Waals surface area contributed by atoms with Crippen molar-refractivity contribution in [3.63, 3.8) is 0 Å². The van der Waals surface area contributed by atoms with Gasteiger partial charge in [0, 0.05) is 31.3 Å². The Morgan fingerprint density at radius 2 is 2.39 bits per heavy atom. The minimum atomic E-state index is -0.175. The summed E-state index contributed by atoms with van der Waals surface area (Å²) in [5.74, 6) is -0.226. The van der Waals surface area contributed by atoms with E-state index >= 15 is 0 Å². The lowest BCUT2D eigenvalue weighted by molar-refractivity contribution is -0.130. The number of carbonyl (C=O) groups is 2. The molecule has 96 valence electrons. The normalized spacial score (nSPS) is 15.5. The molecule has 6 heteroatoms. The Morgan fingerprint density at radius 1 is 1.56 bits per heavy atom. The van der Waals surface area contributed by atoms with Gasteiger partial charge in [-0.2, -0.15) is 5.10 Å². The van der Waals surface area contributed by atoms with Crippen LogP contribution >= 0.6 is 11.3 Å². The molecule has 0 bridgehead atoms. The molecule has 0 aliphatic carbocycles. The van der Waals surface area contributed by atoms with Gasteiger partial charge in [-0.25, -0.2) is 5.01 Å². The van der Waals surface area contributed by atoms with E-state index in [1.165, 1.54) is 9.89 Å². The molecule has 0 fully saturated rings. The van der Waals surface area contributed by atoms with Crippen LogP contribution in [0.25, 0.3) is 0 Å². The molecule has 2 amide bonds. The first-order chi connectivity index (χ1) is 8.66. The number of nitrogens with zero attached hydrogens (tertiary/aromatic N) is 2. The van der Waals surface area contributed by atoms with Gasteiger partial charge in [0.15, 0.2) is 0 Å². The summed E-state index contributed by atoms with van der Waals surface area (Å²) >= 11 is 1.68. The molecule has 0 spiro atoms. The summed E-state index contributed by atoms with van der Waals surface area (Å²) in [6, 6.07) is 4.04. The predicted molar refractivity (Wildman–Crippen MR) is 70.5 cm³/mol. The number of carbonyl (C=O) groups excluding carboxylic acids is 2. The number of rotatable bonds is 4. The molecule has 0 unspecified atom stereocenters. The van der Waals surface area contributed by atoms with Crippen molar-refractivity contribution in [2.75, 3.05) is 13.6 Å². The molecule has 1 aromatic heterocycles. The second-order valence-corrected chi connectivity index (χ2v) is 5.08. The first kappa shape index (κ1) is 12.8. The summed E-state index contributed by atoms with van der Waals surface area (Å²) in [5.41, 5.74) is 0.434. The summed E-state index contributed by atoms with van der Waals surface area (Å²) < 4.78 is 0. The maximum absolute atomic E-state index is 11.8. The zero-order chi connectivity index (χ0) is 13.0. The van der Waals surface area contributed by atoms with Crippen LogP contribution in [-0.2, 0) is 16.0 Å². The number of thiophene rings is 1. The average molecular weight is 265 g/mol. The molecule has 0 aromatic carbocycles. The smallest absolute Gasteiger partial charge is 0.267 e. The Bertz CT molecular complexity index is 468. The van der Waals surface area contributed by atoms with Crippen LogP contribution in [0.2, 0.25) is 0 Å². The highest BCUT2D eigenvalue weighted by Gasteiger charge is 2.21. The quantitative estimate of drug-likeness (QED) is 0.883. The fraction of sp³-hybridized carbons (Fsp3) is 0.417. The Morgan fingerprint density at radius 3 is 3.06 bits per heavy atom. The van der Waals surface area contributed by atoms with Crippen molar-refractivity contribution in [1.29, 1.82) is 0 Å². The van der Waals surface area contributed by atoms with Crippen LogP contribution in [0.3, 0.4) is 0 Å². The molecule has 1 N–H and O–H groups in total. The van der Waals surface area contributed by atoms with Gasteiger partial charge < -0.3 is 5.32 Å². The van der Waals surface area contributed by atoms with Crippen LogP contribution in [0.15, 0.2) is 22.6 Å². The lowest BCUT2D eigenvalue weighted by Gasteiger charge is -2.18. The van der Waals surface area contributed by atoms with Crippen molar-refractivity contribution in [1.82, 2.24) is 10.3 Å². The van der Waals surface area contributed by atoms with Crippen molar-refractivity contribution in [3.05, 3.63) is 22.4 Å². The highest BCUT2D eigenvalue weighted by molar-refractivity contribution is 7.09. The van der Waals surface area contributed by atoms with Crippen molar-refractivity contribution in [2.24, 2.45) is 5.10 Å². The third kappa shape index (κ3) is 3.16. The number of hydrogen-bond donors (Lipinski definition) is 1. The van der Waals surface area contributed by atoms with Crippen molar-refractivity contribution < 1.29 is 9.59 Å². The fourth-order valence-electron chi connectivity index (χ4n) is 1.69. The summed E-state index contributed by atoms with van der Waals surface area (Å²) in [6.45, 7) is 0.593. The van der Waals surface area contributed by atoms with E-state index in [1.807, 2.05) is 17.5 Å². The SMILES string of the molecule is CN1N=C(C(=O)NCCc2cccs2)CCC1=O. The molecule has 0 atom stereocenters. The van der Waals surface area contributed by atoms with Gasteiger partial charge in [-0.15, -0.1) is 11.3 Å². The van der Waals surface area contributed by atoms with Crippen LogP contribution < -0.4 is 5.32 Å². The van der Waals surface area contributed by atoms with E-state index in [9.17, 15) is 9.59 Å². The van der Waals surface area contributed by atoms with Gasteiger partial charge in [0.2, 0.25) is 5.91 Å². The molecule has 1 aliphatic heterocycles. The van der Waals surface area contributed by atoms with E-state index in [-0.39, 0.29) is 11.8 Å². The van der Waals surface area contributed by atoms with Gasteiger partial charge in [0.25, 0.3) is 5.91 Å². The van der Waals surface area contributed by atoms with Crippen LogP contribution in [-0.4, -0.2) is 36.1 Å². The minimum Gasteiger partial charge on any atom is -0.351 e. The van der Waals surface area contributed by atoms with Gasteiger partial charge in [0.05, 0.1) is 0 Å². The first-order valence-corrected chi connectivity index (χ1v) is 6.69. The van der Waals surface area contributed by atoms with Gasteiger partial charge in [0.1, 0.15) is 5.71 Å². The first-order valence-electron chi connectivity index (χ1n) is 5.81. The largest absolute Gasteiger partial charge is 0.351 e. The molecule has 2 rings (SSSR count). The van der Waals surface area contributed by atoms with Crippen LogP contribution in [0, 0.1) is 0 Å². The summed E-state index contributed by atoms with van der Waals surface area (Å²) in [5, 5.41) is 10.0. The molecule has 18 heavy (non-hydrogen) atoms. The molecule has 0 saturated heterocycles. The Labute approximate surface area is 109 Å². The predicted octanol–water partition coefficient (Wildman–Crippen LogP) is 1.01. The molecule has 0 radical (unpaired) electrons. The number of amides is 2. The number of nitrogens with one attached hydrogen (secondary N) is 1. The molecule has 5 nitrogen and oxygen atoms in total. The second kappa shape index (κ2) is 5.77. The van der Waals surface area contributed by atoms with E-state index < -0.39 is 0 Å². The maximum Gasteiger partial charge on any atom is 0.267 e. The van der Waals surface area contributed by atoms with E-state index in [0.29, 0.717) is 25.1 Å². The Kier molecular flexibility index (Phi) is 4.09. The average Bonchev–Trinajstić information content (AvgIpc) is 2.85. The van der Waals surface area contributed by atoms with Gasteiger partial charge in [-0.3, -0.25) is 9.59 Å². The van der Waals surface area contributed by atoms with Gasteiger partial charge in [-0.05, 0) is 17.9 Å². The van der Waals surface area contributed by atoms with Crippen LogP contribution in [0.1, 0.15) is 17.7 Å². The number of hydrogen-bond acceptors (Lipinski definition) is 4. The van der Waals surface area contributed by atoms with E-state index in [0.717, 1.165) is 6.42 Å². The summed E-state index contributed by atoms with van der Waals surface area (Å²) in [7, 11) is 1.57. The fourth-order valence-corrected chi connectivity index (χ4v) is 2.40. The molecule has 1 aliphatic rings. The number of hydrazone groups is 1. The van der Waals surface area contributed by atoms with Crippen molar-refractivity contribution in [2.45, 2.75) is 19.3 Å². The highest BCUT2D eigenvalue weighted by Crippen LogP contribution is 2.09. The molecular formula is C12H15N3O2S. The van der Waals surface area contributed by atoms with Crippen molar-refractivity contribution in [3.8, 4) is 0 Å². The molecule has 0 saturated carbocycles. The third-order valence-corrected chi connectivity index (χ3v) is 3.64. The van der Waals surface area contributed by atoms with E-state index in [1.54, 1.807) is 18.4 Å². The van der Waals surface area contributed by atoms with Gasteiger partial charge in [-0.1, -0.05) is 6.07 Å². The van der Waals surface area contributed by atoms with Crippen LogP contribution in [0.5, 0.6) is 0 Å². The zero-order valence-electron chi connectivity index (χ0n) is 10.2. The standard InChI is InChI=1S/C12H15N3O2S/c1-15-11(16)5-4-10(14-15)12(17)13-7-6-9-3-2-8-18-9/h2-3,8H,4-7H2,1H3,(H,13,17). The minimum absolute atomic E-state index is 0.0508. The molecule has 2 heterocycles. The highest BCUT2D eigenvalue weighted by atomic mass is 32.1. The Hall–Kier alpha value is -1.69. The van der Waals surface area contributed by atoms with E-state index in [2.05, 4.69) is 10.4 Å². The van der Waals surface area contributed by atoms with Gasteiger partial charge >= 0.3 is 0 Å². The topological polar surface area (TPSA) is 61.8 Å². The summed E-state index contributed by atoms with van der Waals surface area (Å²) in [6.07, 6.45) is 1.60. The lowest BCUT2D eigenvalue weighted by atomic mass is 10.1. The second-order valence-electron chi connectivity index (χ2n) is 4.05. The summed E-state index contributed by atoms with van der Waals surface area (Å²) in [4.78, 5) is 24.3. The zero-order valence-corrected chi connectivity index (χ0v) is 11.0. The third-order valence-electron chi connectivity index (χ3n) is 2.71. The molecule has 1 aromatic rings. The monoisotopic (exact) mass is 265 g/mol. The van der Waals surface area contributed by atoms with Crippen molar-refractivity contribution >= 4 is 28.9 Å². The van der Waals surface area contributed by atoms with Crippen LogP contribution in [0.4, 0.5) is 0 Å². The Balaban J connectivity index is 1.81. The molecular weight excluding hydrogens is 250 g/mol.